The minimum atomic E-state index is -0.392. The van der Waals surface area contributed by atoms with Crippen LogP contribution in [0.5, 0.6) is 0 Å². The highest BCUT2D eigenvalue weighted by Crippen LogP contribution is 1.92. The maximum atomic E-state index is 11.2. The fourth-order valence-electron chi connectivity index (χ4n) is 0.993. The zero-order valence-corrected chi connectivity index (χ0v) is 8.41. The molecule has 1 atom stereocenters. The number of carbonyl (C=O) groups excluding carboxylic acids is 1. The summed E-state index contributed by atoms with van der Waals surface area (Å²) in [6.07, 6.45) is 3.72. The van der Waals surface area contributed by atoms with E-state index in [1.807, 2.05) is 0 Å². The Balaban J connectivity index is 2.18. The van der Waals surface area contributed by atoms with Gasteiger partial charge in [0.2, 0.25) is 5.91 Å². The Bertz CT molecular complexity index is 272. The molecule has 0 bridgehead atoms. The van der Waals surface area contributed by atoms with Gasteiger partial charge in [-0.05, 0) is 6.92 Å². The molecule has 1 heterocycles. The van der Waals surface area contributed by atoms with Crippen LogP contribution in [0, 0.1) is 0 Å². The molecule has 0 spiro atoms. The van der Waals surface area contributed by atoms with Gasteiger partial charge in [-0.1, -0.05) is 0 Å². The number of amides is 1. The second-order valence-corrected chi connectivity index (χ2v) is 3.00. The lowest BCUT2D eigenvalue weighted by molar-refractivity contribution is -0.129. The fourth-order valence-corrected chi connectivity index (χ4v) is 0.993. The highest BCUT2D eigenvalue weighted by molar-refractivity contribution is 5.80. The van der Waals surface area contributed by atoms with E-state index in [2.05, 4.69) is 15.3 Å². The van der Waals surface area contributed by atoms with Crippen LogP contribution in [0.2, 0.25) is 0 Å². The van der Waals surface area contributed by atoms with Gasteiger partial charge in [0.1, 0.15) is 6.10 Å². The molecular weight excluding hydrogens is 182 g/mol. The Morgan fingerprint density at radius 1 is 1.79 bits per heavy atom. The summed E-state index contributed by atoms with van der Waals surface area (Å²) < 4.78 is 4.87. The first-order valence-electron chi connectivity index (χ1n) is 4.51. The van der Waals surface area contributed by atoms with E-state index in [-0.39, 0.29) is 5.91 Å². The standard InChI is InChI=1S/C9H15N3O2/c1-7(14-2)9(13)11-4-3-8-5-10-6-12-8/h5-7H,3-4H2,1-2H3,(H,10,12)(H,11,13). The molecule has 1 rings (SSSR count). The van der Waals surface area contributed by atoms with Gasteiger partial charge in [-0.15, -0.1) is 0 Å². The molecule has 5 heteroatoms. The first-order chi connectivity index (χ1) is 6.74. The Hall–Kier alpha value is -1.36. The molecular formula is C9H15N3O2. The number of methoxy groups -OCH3 is 1. The topological polar surface area (TPSA) is 67.0 Å². The van der Waals surface area contributed by atoms with Crippen LogP contribution in [0.15, 0.2) is 12.5 Å². The van der Waals surface area contributed by atoms with Gasteiger partial charge in [0.15, 0.2) is 0 Å². The Morgan fingerprint density at radius 3 is 3.14 bits per heavy atom. The second-order valence-electron chi connectivity index (χ2n) is 3.00. The third kappa shape index (κ3) is 3.18. The predicted octanol–water partition coefficient (Wildman–Crippen LogP) is 0.103. The molecule has 5 nitrogen and oxygen atoms in total. The van der Waals surface area contributed by atoms with E-state index in [9.17, 15) is 4.79 Å². The SMILES string of the molecule is COC(C)C(=O)NCCc1cnc[nH]1. The van der Waals surface area contributed by atoms with Crippen molar-refractivity contribution in [3.8, 4) is 0 Å². The lowest BCUT2D eigenvalue weighted by atomic mass is 10.3. The minimum absolute atomic E-state index is 0.0907. The first kappa shape index (κ1) is 10.7. The highest BCUT2D eigenvalue weighted by Gasteiger charge is 2.09. The molecule has 14 heavy (non-hydrogen) atoms. The number of nitrogens with zero attached hydrogens (tertiary/aromatic N) is 1. The predicted molar refractivity (Wildman–Crippen MR) is 51.8 cm³/mol. The molecule has 0 fully saturated rings. The van der Waals surface area contributed by atoms with Gasteiger partial charge in [-0.3, -0.25) is 4.79 Å². The molecule has 1 aromatic heterocycles. The number of carbonyl (C=O) groups is 1. The van der Waals surface area contributed by atoms with Crippen LogP contribution in [-0.2, 0) is 16.0 Å². The number of hydrogen-bond donors (Lipinski definition) is 2. The Kier molecular flexibility index (Phi) is 4.12. The zero-order chi connectivity index (χ0) is 10.4. The van der Waals surface area contributed by atoms with E-state index < -0.39 is 6.10 Å². The molecule has 2 N–H and O–H groups in total. The molecule has 0 aliphatic rings. The van der Waals surface area contributed by atoms with Crippen LogP contribution >= 0.6 is 0 Å². The van der Waals surface area contributed by atoms with Gasteiger partial charge in [-0.2, -0.15) is 0 Å². The molecule has 78 valence electrons. The van der Waals surface area contributed by atoms with E-state index in [1.165, 1.54) is 7.11 Å². The fraction of sp³-hybridized carbons (Fsp3) is 0.556. The number of aromatic nitrogens is 2. The first-order valence-corrected chi connectivity index (χ1v) is 4.51. The molecule has 0 radical (unpaired) electrons. The van der Waals surface area contributed by atoms with Crippen LogP contribution in [-0.4, -0.2) is 35.6 Å². The van der Waals surface area contributed by atoms with Gasteiger partial charge < -0.3 is 15.0 Å². The van der Waals surface area contributed by atoms with Crippen molar-refractivity contribution in [2.45, 2.75) is 19.4 Å². The van der Waals surface area contributed by atoms with Gasteiger partial charge in [0.25, 0.3) is 0 Å². The lowest BCUT2D eigenvalue weighted by Gasteiger charge is -2.09. The molecule has 0 saturated heterocycles. The average Bonchev–Trinajstić information content (AvgIpc) is 2.69. The molecule has 1 aromatic rings. The maximum Gasteiger partial charge on any atom is 0.248 e. The quantitative estimate of drug-likeness (QED) is 0.703. The van der Waals surface area contributed by atoms with E-state index in [4.69, 9.17) is 4.74 Å². The number of aromatic amines is 1. The minimum Gasteiger partial charge on any atom is -0.372 e. The number of ether oxygens (including phenoxy) is 1. The van der Waals surface area contributed by atoms with Crippen molar-refractivity contribution in [1.82, 2.24) is 15.3 Å². The number of imidazole rings is 1. The number of H-pyrrole nitrogens is 1. The molecule has 0 saturated carbocycles. The van der Waals surface area contributed by atoms with Crippen LogP contribution in [0.25, 0.3) is 0 Å². The summed E-state index contributed by atoms with van der Waals surface area (Å²) in [6, 6.07) is 0. The monoisotopic (exact) mass is 197 g/mol. The summed E-state index contributed by atoms with van der Waals surface area (Å²) in [6.45, 7) is 2.31. The summed E-state index contributed by atoms with van der Waals surface area (Å²) in [4.78, 5) is 18.1. The zero-order valence-electron chi connectivity index (χ0n) is 8.41. The van der Waals surface area contributed by atoms with Gasteiger partial charge >= 0.3 is 0 Å². The molecule has 0 aliphatic carbocycles. The highest BCUT2D eigenvalue weighted by atomic mass is 16.5. The molecule has 1 amide bonds. The average molecular weight is 197 g/mol. The van der Waals surface area contributed by atoms with Crippen LogP contribution in [0.3, 0.4) is 0 Å². The smallest absolute Gasteiger partial charge is 0.248 e. The van der Waals surface area contributed by atoms with Crippen molar-refractivity contribution in [2.75, 3.05) is 13.7 Å². The Labute approximate surface area is 82.9 Å². The van der Waals surface area contributed by atoms with Crippen LogP contribution in [0.4, 0.5) is 0 Å². The Morgan fingerprint density at radius 2 is 2.57 bits per heavy atom. The van der Waals surface area contributed by atoms with E-state index in [0.717, 1.165) is 12.1 Å². The van der Waals surface area contributed by atoms with Gasteiger partial charge in [-0.25, -0.2) is 4.98 Å². The summed E-state index contributed by atoms with van der Waals surface area (Å²) >= 11 is 0. The summed E-state index contributed by atoms with van der Waals surface area (Å²) in [7, 11) is 1.51. The molecule has 0 aromatic carbocycles. The number of nitrogens with one attached hydrogen (secondary N) is 2. The maximum absolute atomic E-state index is 11.2. The van der Waals surface area contributed by atoms with Crippen molar-refractivity contribution < 1.29 is 9.53 Å². The van der Waals surface area contributed by atoms with Crippen LogP contribution in [0.1, 0.15) is 12.6 Å². The summed E-state index contributed by atoms with van der Waals surface area (Å²) in [5, 5.41) is 2.76. The third-order valence-electron chi connectivity index (χ3n) is 1.97. The van der Waals surface area contributed by atoms with E-state index in [1.54, 1.807) is 19.4 Å². The summed E-state index contributed by atoms with van der Waals surface area (Å²) in [5.74, 6) is -0.0907. The third-order valence-corrected chi connectivity index (χ3v) is 1.97. The van der Waals surface area contributed by atoms with Gasteiger partial charge in [0.05, 0.1) is 6.33 Å². The van der Waals surface area contributed by atoms with Crippen LogP contribution < -0.4 is 5.32 Å². The van der Waals surface area contributed by atoms with Crippen molar-refractivity contribution in [2.24, 2.45) is 0 Å². The van der Waals surface area contributed by atoms with Gasteiger partial charge in [0, 0.05) is 32.0 Å². The van der Waals surface area contributed by atoms with Crippen molar-refractivity contribution >= 4 is 5.91 Å². The number of hydrogen-bond acceptors (Lipinski definition) is 3. The molecule has 0 aliphatic heterocycles. The van der Waals surface area contributed by atoms with E-state index >= 15 is 0 Å². The number of rotatable bonds is 5. The van der Waals surface area contributed by atoms with Crippen molar-refractivity contribution in [3.05, 3.63) is 18.2 Å². The second kappa shape index (κ2) is 5.39. The lowest BCUT2D eigenvalue weighted by Crippen LogP contribution is -2.35. The van der Waals surface area contributed by atoms with Crippen molar-refractivity contribution in [3.63, 3.8) is 0 Å². The largest absolute Gasteiger partial charge is 0.372 e. The van der Waals surface area contributed by atoms with Crippen molar-refractivity contribution in [1.29, 1.82) is 0 Å². The normalized spacial score (nSPS) is 12.4. The molecule has 1 unspecified atom stereocenters. The van der Waals surface area contributed by atoms with E-state index in [0.29, 0.717) is 6.54 Å². The summed E-state index contributed by atoms with van der Waals surface area (Å²) in [5.41, 5.74) is 1.01.